The maximum atomic E-state index is 14.4. The fraction of sp³-hybridized carbons (Fsp3) is 0. The Balaban J connectivity index is 2.52. The molecule has 3 rings (SSSR count). The van der Waals surface area contributed by atoms with Crippen LogP contribution in [0.25, 0.3) is 0 Å². The third kappa shape index (κ3) is 3.39. The fourth-order valence-electron chi connectivity index (χ4n) is 2.44. The normalized spacial score (nSPS) is 11.5. The molecule has 0 aliphatic carbocycles. The van der Waals surface area contributed by atoms with Crippen LogP contribution in [0.3, 0.4) is 0 Å². The van der Waals surface area contributed by atoms with Gasteiger partial charge in [0.05, 0.1) is 16.0 Å². The predicted octanol–water partition coefficient (Wildman–Crippen LogP) is 4.88. The highest BCUT2D eigenvalue weighted by Crippen LogP contribution is 2.39. The molecule has 0 saturated carbocycles. The summed E-state index contributed by atoms with van der Waals surface area (Å²) in [4.78, 5) is 3.50. The topological polar surface area (TPSA) is 12.9 Å². The van der Waals surface area contributed by atoms with Crippen molar-refractivity contribution >= 4 is 35.6 Å². The van der Waals surface area contributed by atoms with Crippen molar-refractivity contribution in [3.63, 3.8) is 0 Å². The second-order valence-electron chi connectivity index (χ2n) is 5.49. The Morgan fingerprint density at radius 3 is 1.20 bits per heavy atom. The van der Waals surface area contributed by atoms with Crippen molar-refractivity contribution in [2.45, 2.75) is 0 Å². The van der Waals surface area contributed by atoms with Gasteiger partial charge in [0.2, 0.25) is 11.6 Å². The summed E-state index contributed by atoms with van der Waals surface area (Å²) in [6.07, 6.45) is 0. The van der Waals surface area contributed by atoms with Crippen molar-refractivity contribution in [2.75, 3.05) is 0 Å². The van der Waals surface area contributed by atoms with E-state index in [1.54, 1.807) is 0 Å². The van der Waals surface area contributed by atoms with Crippen LogP contribution < -0.4 is 16.0 Å². The Kier molecular flexibility index (Phi) is 5.97. The molecule has 0 radical (unpaired) electrons. The average Bonchev–Trinajstić information content (AvgIpc) is 2.72. The third-order valence-electron chi connectivity index (χ3n) is 3.75. The van der Waals surface area contributed by atoms with Crippen molar-refractivity contribution in [3.05, 3.63) is 81.5 Å². The summed E-state index contributed by atoms with van der Waals surface area (Å²) < 4.78 is 139. The lowest BCUT2D eigenvalue weighted by Crippen LogP contribution is -2.34. The zero-order chi connectivity index (χ0) is 22.5. The van der Waals surface area contributed by atoms with Crippen LogP contribution in [0, 0.1) is 58.2 Å². The molecule has 0 fully saturated rings. The lowest BCUT2D eigenvalue weighted by Gasteiger charge is -2.21. The maximum Gasteiger partial charge on any atom is 0.200 e. The summed E-state index contributed by atoms with van der Waals surface area (Å²) in [5, 5.41) is -4.09. The van der Waals surface area contributed by atoms with Gasteiger partial charge >= 0.3 is 0 Å². The average molecular weight is 478 g/mol. The number of nitrogens with zero attached hydrogens (tertiary/aromatic N) is 1. The number of aromatic nitrogens is 1. The first-order chi connectivity index (χ1) is 14.0. The molecule has 0 spiro atoms. The fourth-order valence-corrected chi connectivity index (χ4v) is 4.97. The van der Waals surface area contributed by atoms with Gasteiger partial charge in [-0.1, -0.05) is 17.7 Å². The summed E-state index contributed by atoms with van der Waals surface area (Å²) in [5.41, 5.74) is -0.788. The zero-order valence-electron chi connectivity index (χ0n) is 13.8. The first-order valence-corrected chi connectivity index (χ1v) is 9.16. The quantitative estimate of drug-likeness (QED) is 0.172. The summed E-state index contributed by atoms with van der Waals surface area (Å²) >= 11 is 5.61. The molecule has 0 aliphatic rings. The van der Waals surface area contributed by atoms with Crippen molar-refractivity contribution < 1.29 is 43.9 Å². The van der Waals surface area contributed by atoms with E-state index >= 15 is 0 Å². The second-order valence-corrected chi connectivity index (χ2v) is 7.90. The van der Waals surface area contributed by atoms with E-state index in [1.807, 2.05) is 0 Å². The minimum Gasteiger partial charge on any atom is -0.236 e. The van der Waals surface area contributed by atoms with E-state index in [-0.39, 0.29) is 0 Å². The number of hydrogen-bond donors (Lipinski definition) is 0. The Morgan fingerprint density at radius 1 is 0.533 bits per heavy atom. The van der Waals surface area contributed by atoms with Gasteiger partial charge in [-0.15, -0.1) is 0 Å². The minimum absolute atomic E-state index is 0.451. The van der Waals surface area contributed by atoms with Crippen LogP contribution >= 0.6 is 19.5 Å². The van der Waals surface area contributed by atoms with Gasteiger partial charge in [0, 0.05) is 7.92 Å². The smallest absolute Gasteiger partial charge is 0.200 e. The molecule has 13 heteroatoms. The van der Waals surface area contributed by atoms with Gasteiger partial charge in [0.1, 0.15) is 5.15 Å². The Labute approximate surface area is 166 Å². The lowest BCUT2D eigenvalue weighted by molar-refractivity contribution is 0.383. The standard InChI is InChI=1S/C17H3ClF10NP/c18-4-2-1-3-5(29-4)30(16-12(25)8(21)6(19)9(22)13(16)26)17-14(27)10(23)7(20)11(24)15(17)28/h1-3H. The number of halogens is 11. The highest BCUT2D eigenvalue weighted by Gasteiger charge is 2.38. The summed E-state index contributed by atoms with van der Waals surface area (Å²) in [5.74, 6) is -25.2. The molecule has 1 heterocycles. The van der Waals surface area contributed by atoms with Crippen LogP contribution in [-0.2, 0) is 0 Å². The molecule has 0 N–H and O–H groups in total. The number of benzene rings is 2. The maximum absolute atomic E-state index is 14.4. The molecule has 1 nitrogen and oxygen atoms in total. The third-order valence-corrected chi connectivity index (χ3v) is 6.35. The van der Waals surface area contributed by atoms with E-state index in [1.165, 1.54) is 0 Å². The Morgan fingerprint density at radius 2 is 0.867 bits per heavy atom. The molecule has 0 saturated heterocycles. The Bertz CT molecular complexity index is 1060. The predicted molar refractivity (Wildman–Crippen MR) is 87.5 cm³/mol. The van der Waals surface area contributed by atoms with Crippen LogP contribution in [0.4, 0.5) is 43.9 Å². The van der Waals surface area contributed by atoms with Crippen molar-refractivity contribution in [2.24, 2.45) is 0 Å². The van der Waals surface area contributed by atoms with Gasteiger partial charge in [0.25, 0.3) is 0 Å². The van der Waals surface area contributed by atoms with E-state index < -0.39 is 87.3 Å². The second kappa shape index (κ2) is 8.03. The van der Waals surface area contributed by atoms with Crippen molar-refractivity contribution in [1.82, 2.24) is 4.98 Å². The van der Waals surface area contributed by atoms with Crippen molar-refractivity contribution in [3.8, 4) is 0 Å². The van der Waals surface area contributed by atoms with Crippen LogP contribution in [-0.4, -0.2) is 4.98 Å². The summed E-state index contributed by atoms with van der Waals surface area (Å²) in [6.45, 7) is 0. The van der Waals surface area contributed by atoms with Crippen LogP contribution in [0.15, 0.2) is 18.2 Å². The minimum atomic E-state index is -3.62. The van der Waals surface area contributed by atoms with Crippen LogP contribution in [0.1, 0.15) is 0 Å². The molecular weight excluding hydrogens is 475 g/mol. The largest absolute Gasteiger partial charge is 0.236 e. The molecule has 1 aromatic heterocycles. The van der Waals surface area contributed by atoms with Gasteiger partial charge in [-0.3, -0.25) is 0 Å². The zero-order valence-corrected chi connectivity index (χ0v) is 15.4. The number of rotatable bonds is 3. The highest BCUT2D eigenvalue weighted by molar-refractivity contribution is 7.79. The molecular formula is C17H3ClF10NP. The monoisotopic (exact) mass is 477 g/mol. The molecule has 3 aromatic rings. The summed E-state index contributed by atoms with van der Waals surface area (Å²) in [7, 11) is -3.62. The molecule has 0 aliphatic heterocycles. The first-order valence-electron chi connectivity index (χ1n) is 7.44. The van der Waals surface area contributed by atoms with Crippen LogP contribution in [0.2, 0.25) is 5.15 Å². The molecule has 0 amide bonds. The molecule has 2 aromatic carbocycles. The number of pyridine rings is 1. The molecule has 0 atom stereocenters. The lowest BCUT2D eigenvalue weighted by atomic mass is 10.3. The van der Waals surface area contributed by atoms with Gasteiger partial charge in [-0.25, -0.2) is 48.9 Å². The van der Waals surface area contributed by atoms with Crippen molar-refractivity contribution in [1.29, 1.82) is 0 Å². The molecule has 158 valence electrons. The molecule has 30 heavy (non-hydrogen) atoms. The highest BCUT2D eigenvalue weighted by atomic mass is 35.5. The van der Waals surface area contributed by atoms with E-state index in [0.717, 1.165) is 18.2 Å². The Hall–Kier alpha value is -2.39. The van der Waals surface area contributed by atoms with Gasteiger partial charge in [-0.2, -0.15) is 0 Å². The van der Waals surface area contributed by atoms with Gasteiger partial charge < -0.3 is 0 Å². The van der Waals surface area contributed by atoms with E-state index in [4.69, 9.17) is 11.6 Å². The number of hydrogen-bond acceptors (Lipinski definition) is 1. The van der Waals surface area contributed by atoms with Gasteiger partial charge in [0.15, 0.2) is 46.5 Å². The molecule has 0 unspecified atom stereocenters. The van der Waals surface area contributed by atoms with Crippen LogP contribution in [0.5, 0.6) is 0 Å². The van der Waals surface area contributed by atoms with E-state index in [2.05, 4.69) is 4.98 Å². The SMILES string of the molecule is Fc1c(F)c(F)c(P(c2cccc(Cl)n2)c2c(F)c(F)c(F)c(F)c2F)c(F)c1F. The summed E-state index contributed by atoms with van der Waals surface area (Å²) in [6, 6.07) is 2.92. The van der Waals surface area contributed by atoms with E-state index in [9.17, 15) is 43.9 Å². The van der Waals surface area contributed by atoms with Gasteiger partial charge in [-0.05, 0) is 12.1 Å². The molecule has 0 bridgehead atoms. The van der Waals surface area contributed by atoms with E-state index in [0.29, 0.717) is 0 Å². The first kappa shape index (κ1) is 22.3.